The quantitative estimate of drug-likeness (QED) is 0.618. The van der Waals surface area contributed by atoms with E-state index in [1.165, 1.54) is 7.05 Å². The lowest BCUT2D eigenvalue weighted by atomic mass is 9.98. The van der Waals surface area contributed by atoms with Crippen LogP contribution in [0.1, 0.15) is 26.2 Å². The molecule has 2 aliphatic heterocycles. The molecule has 2 aliphatic rings. The van der Waals surface area contributed by atoms with E-state index >= 15 is 0 Å². The van der Waals surface area contributed by atoms with Gasteiger partial charge in [0, 0.05) is 36.8 Å². The van der Waals surface area contributed by atoms with Crippen LogP contribution in [0.15, 0.2) is 28.7 Å². The summed E-state index contributed by atoms with van der Waals surface area (Å²) < 4.78 is 27.8. The van der Waals surface area contributed by atoms with E-state index in [-0.39, 0.29) is 25.4 Å². The Morgan fingerprint density at radius 3 is 2.67 bits per heavy atom. The maximum absolute atomic E-state index is 12.9. The molecule has 0 saturated carbocycles. The van der Waals surface area contributed by atoms with Gasteiger partial charge in [-0.05, 0) is 43.4 Å². The lowest BCUT2D eigenvalue weighted by Gasteiger charge is -2.32. The first kappa shape index (κ1) is 23.2. The Hall–Kier alpha value is -1.49. The molecule has 2 atom stereocenters. The number of hydrogen-bond donors (Lipinski definition) is 2. The highest BCUT2D eigenvalue weighted by Crippen LogP contribution is 2.22. The van der Waals surface area contributed by atoms with Gasteiger partial charge in [0.25, 0.3) is 0 Å². The molecular formula is C20H29BrN4O4S. The van der Waals surface area contributed by atoms with Crippen molar-refractivity contribution < 1.29 is 18.0 Å². The fourth-order valence-corrected chi connectivity index (χ4v) is 5.83. The summed E-state index contributed by atoms with van der Waals surface area (Å²) in [5.74, 6) is 0.186. The zero-order valence-corrected chi connectivity index (χ0v) is 19.7. The second-order valence-corrected chi connectivity index (χ2v) is 11.4. The van der Waals surface area contributed by atoms with Crippen molar-refractivity contribution >= 4 is 43.5 Å². The lowest BCUT2D eigenvalue weighted by Crippen LogP contribution is -2.46. The topological polar surface area (TPSA) is 98.8 Å². The molecule has 0 aliphatic carbocycles. The van der Waals surface area contributed by atoms with Crippen LogP contribution in [-0.4, -0.2) is 74.0 Å². The van der Waals surface area contributed by atoms with Gasteiger partial charge in [-0.1, -0.05) is 28.9 Å². The standard InChI is InChI=1S/C20H29BrN4O4S/c1-14-6-8-25(9-7-14)20(27)18-11-17(12-22-18)30(28,29)24(2)13-19(26)23-16-5-3-4-15(21)10-16/h3-5,10,14,17-18,22H,6-9,11-13H2,1-2H3,(H,23,26). The number of carbonyl (C=O) groups is 2. The highest BCUT2D eigenvalue weighted by Gasteiger charge is 2.41. The molecule has 2 unspecified atom stereocenters. The minimum atomic E-state index is -3.71. The summed E-state index contributed by atoms with van der Waals surface area (Å²) in [6.45, 7) is 3.56. The predicted octanol–water partition coefficient (Wildman–Crippen LogP) is 1.64. The number of anilines is 1. The molecule has 0 spiro atoms. The summed E-state index contributed by atoms with van der Waals surface area (Å²) in [5, 5.41) is 5.05. The van der Waals surface area contributed by atoms with Gasteiger partial charge in [0.1, 0.15) is 0 Å². The molecule has 2 saturated heterocycles. The molecular weight excluding hydrogens is 472 g/mol. The number of likely N-dealkylation sites (tertiary alicyclic amines) is 1. The first-order valence-corrected chi connectivity index (χ1v) is 12.5. The van der Waals surface area contributed by atoms with Crippen molar-refractivity contribution in [3.05, 3.63) is 28.7 Å². The largest absolute Gasteiger partial charge is 0.341 e. The van der Waals surface area contributed by atoms with Crippen molar-refractivity contribution in [2.45, 2.75) is 37.5 Å². The van der Waals surface area contributed by atoms with E-state index in [0.717, 1.165) is 34.7 Å². The maximum Gasteiger partial charge on any atom is 0.239 e. The average molecular weight is 501 g/mol. The third kappa shape index (κ3) is 5.60. The summed E-state index contributed by atoms with van der Waals surface area (Å²) in [6, 6.07) is 6.61. The molecule has 1 aromatic carbocycles. The Bertz CT molecular complexity index is 887. The normalized spacial score (nSPS) is 23.0. The minimum Gasteiger partial charge on any atom is -0.341 e. The number of rotatable bonds is 6. The molecule has 1 aromatic rings. The van der Waals surface area contributed by atoms with Gasteiger partial charge in [0.05, 0.1) is 17.8 Å². The highest BCUT2D eigenvalue weighted by atomic mass is 79.9. The van der Waals surface area contributed by atoms with Crippen molar-refractivity contribution in [3.63, 3.8) is 0 Å². The van der Waals surface area contributed by atoms with Crippen molar-refractivity contribution in [1.29, 1.82) is 0 Å². The first-order valence-electron chi connectivity index (χ1n) is 10.2. The van der Waals surface area contributed by atoms with E-state index in [0.29, 0.717) is 11.6 Å². The van der Waals surface area contributed by atoms with Crippen LogP contribution in [0.2, 0.25) is 0 Å². The van der Waals surface area contributed by atoms with Crippen LogP contribution in [0.4, 0.5) is 5.69 Å². The summed E-state index contributed by atoms with van der Waals surface area (Å²) in [7, 11) is -2.31. The van der Waals surface area contributed by atoms with Crippen LogP contribution in [0, 0.1) is 5.92 Å². The van der Waals surface area contributed by atoms with E-state index in [2.05, 4.69) is 33.5 Å². The summed E-state index contributed by atoms with van der Waals surface area (Å²) >= 11 is 3.33. The van der Waals surface area contributed by atoms with Crippen LogP contribution >= 0.6 is 15.9 Å². The number of hydrogen-bond acceptors (Lipinski definition) is 5. The molecule has 8 nitrogen and oxygen atoms in total. The fourth-order valence-electron chi connectivity index (χ4n) is 3.88. The Balaban J connectivity index is 1.54. The number of amides is 2. The number of likely N-dealkylation sites (N-methyl/N-ethyl adjacent to an activating group) is 1. The number of piperidine rings is 1. The molecule has 0 radical (unpaired) electrons. The van der Waals surface area contributed by atoms with Crippen LogP contribution in [0.3, 0.4) is 0 Å². The Morgan fingerprint density at radius 2 is 2.00 bits per heavy atom. The van der Waals surface area contributed by atoms with Gasteiger partial charge in [-0.2, -0.15) is 4.31 Å². The molecule has 10 heteroatoms. The van der Waals surface area contributed by atoms with E-state index in [1.807, 2.05) is 11.0 Å². The Kier molecular flexibility index (Phi) is 7.54. The van der Waals surface area contributed by atoms with Gasteiger partial charge in [0.15, 0.2) is 0 Å². The second-order valence-electron chi connectivity index (χ2n) is 8.19. The number of sulfonamides is 1. The van der Waals surface area contributed by atoms with Crippen LogP contribution in [0.5, 0.6) is 0 Å². The average Bonchev–Trinajstić information content (AvgIpc) is 3.19. The maximum atomic E-state index is 12.9. The van der Waals surface area contributed by atoms with Gasteiger partial charge in [-0.25, -0.2) is 8.42 Å². The molecule has 2 amide bonds. The first-order chi connectivity index (χ1) is 14.2. The number of halogens is 1. The van der Waals surface area contributed by atoms with Gasteiger partial charge < -0.3 is 15.5 Å². The minimum absolute atomic E-state index is 0.0188. The van der Waals surface area contributed by atoms with E-state index in [9.17, 15) is 18.0 Å². The second kappa shape index (κ2) is 9.76. The van der Waals surface area contributed by atoms with Gasteiger partial charge in [0.2, 0.25) is 21.8 Å². The highest BCUT2D eigenvalue weighted by molar-refractivity contribution is 9.10. The molecule has 0 aromatic heterocycles. The van der Waals surface area contributed by atoms with Crippen molar-refractivity contribution in [2.24, 2.45) is 5.92 Å². The Morgan fingerprint density at radius 1 is 1.30 bits per heavy atom. The number of benzene rings is 1. The van der Waals surface area contributed by atoms with Crippen molar-refractivity contribution in [1.82, 2.24) is 14.5 Å². The molecule has 2 N–H and O–H groups in total. The third-order valence-electron chi connectivity index (χ3n) is 5.81. The lowest BCUT2D eigenvalue weighted by molar-refractivity contribution is -0.134. The third-order valence-corrected chi connectivity index (χ3v) is 8.51. The van der Waals surface area contributed by atoms with Gasteiger partial charge >= 0.3 is 0 Å². The van der Waals surface area contributed by atoms with Gasteiger partial charge in [-0.3, -0.25) is 9.59 Å². The van der Waals surface area contributed by atoms with Crippen LogP contribution < -0.4 is 10.6 Å². The molecule has 2 heterocycles. The van der Waals surface area contributed by atoms with Crippen molar-refractivity contribution in [3.8, 4) is 0 Å². The molecule has 166 valence electrons. The van der Waals surface area contributed by atoms with Crippen LogP contribution in [0.25, 0.3) is 0 Å². The molecule has 30 heavy (non-hydrogen) atoms. The molecule has 0 bridgehead atoms. The Labute approximate surface area is 186 Å². The molecule has 3 rings (SSSR count). The van der Waals surface area contributed by atoms with E-state index < -0.39 is 27.2 Å². The van der Waals surface area contributed by atoms with Crippen LogP contribution in [-0.2, 0) is 19.6 Å². The van der Waals surface area contributed by atoms with Gasteiger partial charge in [-0.15, -0.1) is 0 Å². The van der Waals surface area contributed by atoms with E-state index in [4.69, 9.17) is 0 Å². The van der Waals surface area contributed by atoms with E-state index in [1.54, 1.807) is 18.2 Å². The number of nitrogens with one attached hydrogen (secondary N) is 2. The SMILES string of the molecule is CC1CCN(C(=O)C2CC(S(=O)(=O)N(C)CC(=O)Nc3cccc(Br)c3)CN2)CC1. The zero-order chi connectivity index (χ0) is 21.9. The number of carbonyl (C=O) groups excluding carboxylic acids is 2. The summed E-state index contributed by atoms with van der Waals surface area (Å²) in [5.41, 5.74) is 0.587. The monoisotopic (exact) mass is 500 g/mol. The summed E-state index contributed by atoms with van der Waals surface area (Å²) in [6.07, 6.45) is 2.19. The smallest absolute Gasteiger partial charge is 0.239 e. The summed E-state index contributed by atoms with van der Waals surface area (Å²) in [4.78, 5) is 26.9. The molecule has 2 fully saturated rings. The zero-order valence-electron chi connectivity index (χ0n) is 17.3. The predicted molar refractivity (Wildman–Crippen MR) is 119 cm³/mol. The fraction of sp³-hybridized carbons (Fsp3) is 0.600. The van der Waals surface area contributed by atoms with Crippen molar-refractivity contribution in [2.75, 3.05) is 38.5 Å². The number of nitrogens with zero attached hydrogens (tertiary/aromatic N) is 2.